The second kappa shape index (κ2) is 8.22. The number of methoxy groups -OCH3 is 1. The van der Waals surface area contributed by atoms with Crippen LogP contribution in [0, 0.1) is 0 Å². The monoisotopic (exact) mass is 369 g/mol. The van der Waals surface area contributed by atoms with E-state index in [1.165, 1.54) is 10.7 Å². The van der Waals surface area contributed by atoms with Crippen LogP contribution in [0.3, 0.4) is 0 Å². The van der Waals surface area contributed by atoms with Gasteiger partial charge in [0.15, 0.2) is 6.61 Å². The van der Waals surface area contributed by atoms with Crippen LogP contribution < -0.4 is 14.8 Å². The number of hydrogen-bond donors (Lipinski definition) is 1. The van der Waals surface area contributed by atoms with Gasteiger partial charge in [0, 0.05) is 18.0 Å². The Hall–Kier alpha value is -3.55. The molecule has 0 aliphatic rings. The number of hydrogen-bond acceptors (Lipinski definition) is 6. The maximum absolute atomic E-state index is 12.2. The molecule has 0 aliphatic heterocycles. The number of carbonyl (C=O) groups is 2. The number of nitrogens with one attached hydrogen (secondary N) is 1. The van der Waals surface area contributed by atoms with E-state index >= 15 is 0 Å². The summed E-state index contributed by atoms with van der Waals surface area (Å²) in [7, 11) is 1.56. The molecule has 3 aromatic rings. The number of aromatic nitrogens is 2. The van der Waals surface area contributed by atoms with E-state index in [0.29, 0.717) is 28.3 Å². The molecule has 1 aromatic carbocycles. The minimum absolute atomic E-state index is 0.164. The fourth-order valence-corrected chi connectivity index (χ4v) is 2.46. The van der Waals surface area contributed by atoms with Gasteiger partial charge in [0.25, 0.3) is 5.91 Å². The van der Waals surface area contributed by atoms with Gasteiger partial charge in [0.1, 0.15) is 17.1 Å². The van der Waals surface area contributed by atoms with Crippen LogP contribution in [0.4, 0.5) is 5.69 Å². The second-order valence-corrected chi connectivity index (χ2v) is 5.54. The number of nitrogens with zero attached hydrogens (tertiary/aromatic N) is 2. The zero-order valence-electron chi connectivity index (χ0n) is 15.0. The standard InChI is InChI=1S/C19H19N3O5/c1-3-26-19(24)16-11-20-22-8-7-13(9-17(16)22)21-18(23)12-27-15-6-4-5-14(10-15)25-2/h4-11H,3,12H2,1-2H3,(H,21,23). The summed E-state index contributed by atoms with van der Waals surface area (Å²) in [6, 6.07) is 10.3. The lowest BCUT2D eigenvalue weighted by atomic mass is 10.2. The number of anilines is 1. The molecule has 0 atom stereocenters. The molecule has 1 N–H and O–H groups in total. The molecule has 8 heteroatoms. The highest BCUT2D eigenvalue weighted by molar-refractivity contribution is 5.98. The van der Waals surface area contributed by atoms with Crippen LogP contribution in [-0.4, -0.2) is 41.8 Å². The first-order valence-corrected chi connectivity index (χ1v) is 8.32. The van der Waals surface area contributed by atoms with Crippen molar-refractivity contribution >= 4 is 23.1 Å². The van der Waals surface area contributed by atoms with Gasteiger partial charge in [-0.05, 0) is 31.2 Å². The maximum Gasteiger partial charge on any atom is 0.341 e. The van der Waals surface area contributed by atoms with Crippen molar-refractivity contribution in [1.29, 1.82) is 0 Å². The van der Waals surface area contributed by atoms with Crippen LogP contribution in [-0.2, 0) is 9.53 Å². The van der Waals surface area contributed by atoms with E-state index < -0.39 is 5.97 Å². The number of carbonyl (C=O) groups excluding carboxylic acids is 2. The van der Waals surface area contributed by atoms with E-state index in [-0.39, 0.29) is 19.1 Å². The summed E-state index contributed by atoms with van der Waals surface area (Å²) in [6.07, 6.45) is 3.08. The first kappa shape index (κ1) is 18.2. The van der Waals surface area contributed by atoms with Gasteiger partial charge < -0.3 is 19.5 Å². The number of ether oxygens (including phenoxy) is 3. The zero-order chi connectivity index (χ0) is 19.2. The maximum atomic E-state index is 12.2. The number of rotatable bonds is 7. The number of esters is 1. The lowest BCUT2D eigenvalue weighted by Crippen LogP contribution is -2.20. The highest BCUT2D eigenvalue weighted by Crippen LogP contribution is 2.19. The number of pyridine rings is 1. The first-order chi connectivity index (χ1) is 13.1. The normalized spacial score (nSPS) is 10.4. The predicted octanol–water partition coefficient (Wildman–Crippen LogP) is 2.54. The quantitative estimate of drug-likeness (QED) is 0.644. The SMILES string of the molecule is CCOC(=O)c1cnn2ccc(NC(=O)COc3cccc(OC)c3)cc12. The summed E-state index contributed by atoms with van der Waals surface area (Å²) in [5.74, 6) is 0.377. The minimum Gasteiger partial charge on any atom is -0.497 e. The molecule has 0 radical (unpaired) electrons. The van der Waals surface area contributed by atoms with Crippen LogP contribution in [0.1, 0.15) is 17.3 Å². The molecule has 0 saturated carbocycles. The van der Waals surface area contributed by atoms with E-state index in [0.717, 1.165) is 0 Å². The van der Waals surface area contributed by atoms with Crippen molar-refractivity contribution in [3.63, 3.8) is 0 Å². The van der Waals surface area contributed by atoms with E-state index in [9.17, 15) is 9.59 Å². The van der Waals surface area contributed by atoms with Crippen molar-refractivity contribution in [2.45, 2.75) is 6.92 Å². The fraction of sp³-hybridized carbons (Fsp3) is 0.211. The molecule has 27 heavy (non-hydrogen) atoms. The van der Waals surface area contributed by atoms with Crippen molar-refractivity contribution in [1.82, 2.24) is 9.61 Å². The molecule has 0 saturated heterocycles. The van der Waals surface area contributed by atoms with Crippen molar-refractivity contribution < 1.29 is 23.8 Å². The summed E-state index contributed by atoms with van der Waals surface area (Å²) >= 11 is 0. The Labute approximate surface area is 155 Å². The third-order valence-corrected chi connectivity index (χ3v) is 3.71. The smallest absolute Gasteiger partial charge is 0.341 e. The van der Waals surface area contributed by atoms with Gasteiger partial charge in [0.05, 0.1) is 25.4 Å². The van der Waals surface area contributed by atoms with Gasteiger partial charge in [-0.25, -0.2) is 9.31 Å². The van der Waals surface area contributed by atoms with E-state index in [1.54, 1.807) is 56.6 Å². The second-order valence-electron chi connectivity index (χ2n) is 5.54. The number of benzene rings is 1. The fourth-order valence-electron chi connectivity index (χ4n) is 2.46. The Morgan fingerprint density at radius 2 is 2.00 bits per heavy atom. The molecule has 2 heterocycles. The molecular weight excluding hydrogens is 350 g/mol. The van der Waals surface area contributed by atoms with Crippen LogP contribution in [0.25, 0.3) is 5.52 Å². The lowest BCUT2D eigenvalue weighted by molar-refractivity contribution is -0.118. The van der Waals surface area contributed by atoms with Crippen LogP contribution in [0.2, 0.25) is 0 Å². The van der Waals surface area contributed by atoms with Gasteiger partial charge in [0.2, 0.25) is 0 Å². The first-order valence-electron chi connectivity index (χ1n) is 8.32. The summed E-state index contributed by atoms with van der Waals surface area (Å²) in [6.45, 7) is 1.84. The molecule has 0 spiro atoms. The molecule has 0 fully saturated rings. The predicted molar refractivity (Wildman–Crippen MR) is 98.3 cm³/mol. The molecule has 0 bridgehead atoms. The van der Waals surface area contributed by atoms with E-state index in [4.69, 9.17) is 14.2 Å². The van der Waals surface area contributed by atoms with Crippen molar-refractivity contribution in [3.05, 3.63) is 54.4 Å². The minimum atomic E-state index is -0.461. The van der Waals surface area contributed by atoms with E-state index in [2.05, 4.69) is 10.4 Å². The summed E-state index contributed by atoms with van der Waals surface area (Å²) in [5.41, 5.74) is 1.40. The Bertz CT molecular complexity index is 967. The molecule has 1 amide bonds. The zero-order valence-corrected chi connectivity index (χ0v) is 15.0. The van der Waals surface area contributed by atoms with Crippen molar-refractivity contribution in [2.24, 2.45) is 0 Å². The molecule has 3 rings (SSSR count). The Morgan fingerprint density at radius 3 is 2.78 bits per heavy atom. The molecule has 2 aromatic heterocycles. The van der Waals surface area contributed by atoms with Crippen LogP contribution in [0.15, 0.2) is 48.8 Å². The highest BCUT2D eigenvalue weighted by atomic mass is 16.5. The van der Waals surface area contributed by atoms with Crippen LogP contribution in [0.5, 0.6) is 11.5 Å². The average molecular weight is 369 g/mol. The van der Waals surface area contributed by atoms with Gasteiger partial charge in [-0.2, -0.15) is 5.10 Å². The number of amides is 1. The number of fused-ring (bicyclic) bond motifs is 1. The summed E-state index contributed by atoms with van der Waals surface area (Å²) < 4.78 is 17.1. The van der Waals surface area contributed by atoms with Gasteiger partial charge in [-0.3, -0.25) is 4.79 Å². The van der Waals surface area contributed by atoms with Crippen molar-refractivity contribution in [3.8, 4) is 11.5 Å². The Kier molecular flexibility index (Phi) is 5.55. The summed E-state index contributed by atoms with van der Waals surface area (Å²) in [4.78, 5) is 24.1. The lowest BCUT2D eigenvalue weighted by Gasteiger charge is -2.09. The Balaban J connectivity index is 1.67. The molecular formula is C19H19N3O5. The van der Waals surface area contributed by atoms with Gasteiger partial charge in [-0.1, -0.05) is 6.07 Å². The Morgan fingerprint density at radius 1 is 1.19 bits per heavy atom. The summed E-state index contributed by atoms with van der Waals surface area (Å²) in [5, 5.41) is 6.83. The van der Waals surface area contributed by atoms with Gasteiger partial charge in [-0.15, -0.1) is 0 Å². The van der Waals surface area contributed by atoms with Gasteiger partial charge >= 0.3 is 5.97 Å². The van der Waals surface area contributed by atoms with E-state index in [1.807, 2.05) is 0 Å². The topological polar surface area (TPSA) is 91.2 Å². The highest BCUT2D eigenvalue weighted by Gasteiger charge is 2.14. The average Bonchev–Trinajstić information content (AvgIpc) is 3.10. The molecule has 140 valence electrons. The molecule has 0 aliphatic carbocycles. The third kappa shape index (κ3) is 4.35. The molecule has 8 nitrogen and oxygen atoms in total. The van der Waals surface area contributed by atoms with Crippen LogP contribution >= 0.6 is 0 Å². The van der Waals surface area contributed by atoms with Crippen molar-refractivity contribution in [2.75, 3.05) is 25.6 Å². The third-order valence-electron chi connectivity index (χ3n) is 3.71. The largest absolute Gasteiger partial charge is 0.497 e. The molecule has 0 unspecified atom stereocenters.